The first-order valence-electron chi connectivity index (χ1n) is 3.75. The van der Waals surface area contributed by atoms with Gasteiger partial charge in [0.05, 0.1) is 6.54 Å². The van der Waals surface area contributed by atoms with Gasteiger partial charge >= 0.3 is 0 Å². The fraction of sp³-hybridized carbons (Fsp3) is 0.857. The Bertz CT molecular complexity index is 95.1. The molecule has 54 valence electrons. The van der Waals surface area contributed by atoms with Gasteiger partial charge < -0.3 is 4.90 Å². The average Bonchev–Trinajstić information content (AvgIpc) is 2.49. The molecule has 2 rings (SSSR count). The highest BCUT2D eigenvalue weighted by molar-refractivity contribution is 6.00. The van der Waals surface area contributed by atoms with E-state index in [1.807, 2.05) is 27.7 Å². The van der Waals surface area contributed by atoms with E-state index >= 15 is 0 Å². The van der Waals surface area contributed by atoms with Crippen molar-refractivity contribution in [3.05, 3.63) is 0 Å². The lowest BCUT2D eigenvalue weighted by atomic mass is 10.8. The molecule has 0 atom stereocenters. The molecule has 0 radical (unpaired) electrons. The van der Waals surface area contributed by atoms with E-state index in [1.54, 1.807) is 0 Å². The fourth-order valence-corrected chi connectivity index (χ4v) is 0.506. The molecule has 0 saturated carbocycles. The van der Waals surface area contributed by atoms with E-state index in [0.29, 0.717) is 0 Å². The SMILES string of the molecule is C1N=C2CN12.CC.CC. The van der Waals surface area contributed by atoms with Crippen LogP contribution in [0.2, 0.25) is 0 Å². The van der Waals surface area contributed by atoms with Gasteiger partial charge in [-0.25, -0.2) is 4.99 Å². The molecule has 2 heteroatoms. The van der Waals surface area contributed by atoms with Crippen molar-refractivity contribution in [1.82, 2.24) is 4.90 Å². The highest BCUT2D eigenvalue weighted by Crippen LogP contribution is 2.17. The smallest absolute Gasteiger partial charge is 0.123 e. The fourth-order valence-electron chi connectivity index (χ4n) is 0.506. The summed E-state index contributed by atoms with van der Waals surface area (Å²) >= 11 is 0. The second kappa shape index (κ2) is 4.36. The van der Waals surface area contributed by atoms with Crippen molar-refractivity contribution in [1.29, 1.82) is 0 Å². The largest absolute Gasteiger partial charge is 0.332 e. The molecule has 0 spiro atoms. The van der Waals surface area contributed by atoms with Crippen LogP contribution in [0.15, 0.2) is 4.99 Å². The predicted molar refractivity (Wildman–Crippen MR) is 41.7 cm³/mol. The third-order valence-corrected chi connectivity index (χ3v) is 1.02. The molecular weight excluding hydrogens is 112 g/mol. The van der Waals surface area contributed by atoms with E-state index in [1.165, 1.54) is 12.4 Å². The van der Waals surface area contributed by atoms with Gasteiger partial charge in [0.15, 0.2) is 0 Å². The van der Waals surface area contributed by atoms with Gasteiger partial charge in [0.1, 0.15) is 12.5 Å². The summed E-state index contributed by atoms with van der Waals surface area (Å²) in [5, 5.41) is 0. The van der Waals surface area contributed by atoms with Crippen molar-refractivity contribution in [3.63, 3.8) is 0 Å². The molecule has 0 unspecified atom stereocenters. The number of hydrogen-bond donors (Lipinski definition) is 0. The number of amidine groups is 1. The third-order valence-electron chi connectivity index (χ3n) is 1.02. The van der Waals surface area contributed by atoms with Gasteiger partial charge in [0, 0.05) is 0 Å². The van der Waals surface area contributed by atoms with Crippen molar-refractivity contribution < 1.29 is 0 Å². The van der Waals surface area contributed by atoms with E-state index in [0.717, 1.165) is 6.67 Å². The Morgan fingerprint density at radius 2 is 1.67 bits per heavy atom. The van der Waals surface area contributed by atoms with Gasteiger partial charge in [-0.2, -0.15) is 0 Å². The minimum absolute atomic E-state index is 0.981. The van der Waals surface area contributed by atoms with Crippen LogP contribution in [0, 0.1) is 0 Å². The van der Waals surface area contributed by atoms with E-state index < -0.39 is 0 Å². The van der Waals surface area contributed by atoms with Crippen molar-refractivity contribution in [3.8, 4) is 0 Å². The van der Waals surface area contributed by atoms with Crippen molar-refractivity contribution in [2.24, 2.45) is 4.99 Å². The predicted octanol–water partition coefficient (Wildman–Crippen LogP) is 1.72. The quantitative estimate of drug-likeness (QED) is 0.453. The van der Waals surface area contributed by atoms with Crippen LogP contribution in [0.1, 0.15) is 27.7 Å². The summed E-state index contributed by atoms with van der Waals surface area (Å²) < 4.78 is 0. The van der Waals surface area contributed by atoms with Crippen molar-refractivity contribution >= 4 is 5.84 Å². The van der Waals surface area contributed by atoms with E-state index in [4.69, 9.17) is 0 Å². The molecule has 2 heterocycles. The standard InChI is InChI=1S/C3H4N2.2C2H6/c1-3-4-2-5(1)3;2*1-2/h1-2H2;2*1-2H3. The molecule has 0 aliphatic carbocycles. The Morgan fingerprint density at radius 1 is 1.22 bits per heavy atom. The van der Waals surface area contributed by atoms with E-state index in [-0.39, 0.29) is 0 Å². The highest BCUT2D eigenvalue weighted by atomic mass is 15.5. The van der Waals surface area contributed by atoms with Crippen molar-refractivity contribution in [2.45, 2.75) is 27.7 Å². The molecule has 2 aliphatic heterocycles. The molecular formula is C7H16N2. The maximum Gasteiger partial charge on any atom is 0.123 e. The maximum absolute atomic E-state index is 3.99. The number of rotatable bonds is 0. The maximum atomic E-state index is 3.99. The first kappa shape index (κ1) is 8.47. The van der Waals surface area contributed by atoms with Crippen LogP contribution in [-0.4, -0.2) is 23.9 Å². The third kappa shape index (κ3) is 2.04. The average molecular weight is 128 g/mol. The van der Waals surface area contributed by atoms with Gasteiger partial charge in [0.25, 0.3) is 0 Å². The highest BCUT2D eigenvalue weighted by Gasteiger charge is 2.33. The lowest BCUT2D eigenvalue weighted by Crippen LogP contribution is -2.06. The molecule has 0 bridgehead atoms. The zero-order chi connectivity index (χ0) is 7.28. The number of nitrogens with zero attached hydrogens (tertiary/aromatic N) is 2. The minimum Gasteiger partial charge on any atom is -0.332 e. The van der Waals surface area contributed by atoms with Gasteiger partial charge in [-0.3, -0.25) is 0 Å². The van der Waals surface area contributed by atoms with Gasteiger partial charge in [-0.05, 0) is 0 Å². The molecule has 1 saturated heterocycles. The van der Waals surface area contributed by atoms with Crippen LogP contribution in [0.3, 0.4) is 0 Å². The van der Waals surface area contributed by atoms with Crippen LogP contribution in [-0.2, 0) is 0 Å². The zero-order valence-corrected chi connectivity index (χ0v) is 6.81. The number of aliphatic imine (C=N–C) groups is 1. The van der Waals surface area contributed by atoms with Gasteiger partial charge in [-0.1, -0.05) is 27.7 Å². The number of hydrogen-bond acceptors (Lipinski definition) is 2. The number of fused-ring (bicyclic) bond motifs is 1. The summed E-state index contributed by atoms with van der Waals surface area (Å²) in [4.78, 5) is 6.21. The molecule has 0 aromatic rings. The van der Waals surface area contributed by atoms with Crippen LogP contribution in [0.4, 0.5) is 0 Å². The Kier molecular flexibility index (Phi) is 4.10. The van der Waals surface area contributed by atoms with Crippen molar-refractivity contribution in [2.75, 3.05) is 13.2 Å². The van der Waals surface area contributed by atoms with Gasteiger partial charge in [0.2, 0.25) is 0 Å². The second-order valence-corrected chi connectivity index (χ2v) is 1.41. The molecule has 9 heavy (non-hydrogen) atoms. The summed E-state index contributed by atoms with van der Waals surface area (Å²) in [6, 6.07) is 0. The molecule has 2 nitrogen and oxygen atoms in total. The summed E-state index contributed by atoms with van der Waals surface area (Å²) in [5.41, 5.74) is 0. The molecule has 0 N–H and O–H groups in total. The Hall–Kier alpha value is -0.530. The first-order valence-corrected chi connectivity index (χ1v) is 3.75. The van der Waals surface area contributed by atoms with Gasteiger partial charge in [-0.15, -0.1) is 0 Å². The molecule has 2 aliphatic rings. The van der Waals surface area contributed by atoms with Crippen LogP contribution >= 0.6 is 0 Å². The van der Waals surface area contributed by atoms with E-state index in [2.05, 4.69) is 9.89 Å². The zero-order valence-electron chi connectivity index (χ0n) is 6.81. The Morgan fingerprint density at radius 3 is 1.67 bits per heavy atom. The summed E-state index contributed by atoms with van der Waals surface area (Å²) in [6.07, 6.45) is 0. The lowest BCUT2D eigenvalue weighted by molar-refractivity contribution is 0.592. The topological polar surface area (TPSA) is 15.4 Å². The van der Waals surface area contributed by atoms with Crippen LogP contribution in [0.25, 0.3) is 0 Å². The second-order valence-electron chi connectivity index (χ2n) is 1.41. The van der Waals surface area contributed by atoms with E-state index in [9.17, 15) is 0 Å². The van der Waals surface area contributed by atoms with Crippen LogP contribution < -0.4 is 0 Å². The minimum atomic E-state index is 0.981. The first-order chi connectivity index (χ1) is 4.47. The lowest BCUT2D eigenvalue weighted by Gasteiger charge is -1.98. The molecule has 0 aromatic heterocycles. The monoisotopic (exact) mass is 128 g/mol. The molecule has 0 aromatic carbocycles. The Balaban J connectivity index is 0.000000143. The summed E-state index contributed by atoms with van der Waals surface area (Å²) in [6.45, 7) is 10.1. The van der Waals surface area contributed by atoms with Crippen LogP contribution in [0.5, 0.6) is 0 Å². The molecule has 1 fully saturated rings. The Labute approximate surface area is 57.6 Å². The summed E-state index contributed by atoms with van der Waals surface area (Å²) in [5.74, 6) is 1.31. The summed E-state index contributed by atoms with van der Waals surface area (Å²) in [7, 11) is 0. The normalized spacial score (nSPS) is 16.4. The molecule has 0 amide bonds.